The highest BCUT2D eigenvalue weighted by Crippen LogP contribution is 2.32. The molecular formula is C17H35Cl2N3O. The van der Waals surface area contributed by atoms with Crippen LogP contribution in [0.5, 0.6) is 0 Å². The molecule has 2 atom stereocenters. The third-order valence-corrected chi connectivity index (χ3v) is 5.16. The van der Waals surface area contributed by atoms with Gasteiger partial charge in [-0.25, -0.2) is 0 Å². The van der Waals surface area contributed by atoms with Crippen molar-refractivity contribution < 1.29 is 4.79 Å². The molecule has 138 valence electrons. The molecule has 4 nitrogen and oxygen atoms in total. The fourth-order valence-corrected chi connectivity index (χ4v) is 3.90. The zero-order valence-corrected chi connectivity index (χ0v) is 16.3. The maximum absolute atomic E-state index is 12.0. The van der Waals surface area contributed by atoms with E-state index in [-0.39, 0.29) is 30.7 Å². The third-order valence-electron chi connectivity index (χ3n) is 5.16. The fourth-order valence-electron chi connectivity index (χ4n) is 3.90. The average molecular weight is 368 g/mol. The van der Waals surface area contributed by atoms with E-state index in [1.807, 2.05) is 0 Å². The van der Waals surface area contributed by atoms with Crippen LogP contribution in [-0.4, -0.2) is 49.1 Å². The molecule has 23 heavy (non-hydrogen) atoms. The Morgan fingerprint density at radius 1 is 1.09 bits per heavy atom. The lowest BCUT2D eigenvalue weighted by Crippen LogP contribution is -2.39. The molecule has 0 spiro atoms. The van der Waals surface area contributed by atoms with Gasteiger partial charge in [-0.2, -0.15) is 0 Å². The molecule has 0 aromatic carbocycles. The van der Waals surface area contributed by atoms with Crippen molar-refractivity contribution in [2.75, 3.05) is 26.2 Å². The van der Waals surface area contributed by atoms with E-state index in [0.29, 0.717) is 18.0 Å². The van der Waals surface area contributed by atoms with Gasteiger partial charge in [0, 0.05) is 25.0 Å². The fraction of sp³-hybridized carbons (Fsp3) is 0.941. The first-order valence-electron chi connectivity index (χ1n) is 8.96. The van der Waals surface area contributed by atoms with Crippen molar-refractivity contribution in [2.24, 2.45) is 5.92 Å². The first-order chi connectivity index (χ1) is 10.2. The molecule has 0 aromatic heterocycles. The normalized spacial score (nSPS) is 25.6. The minimum Gasteiger partial charge on any atom is -0.356 e. The largest absolute Gasteiger partial charge is 0.356 e. The molecule has 0 saturated carbocycles. The molecule has 2 rings (SSSR count). The van der Waals surface area contributed by atoms with Crippen LogP contribution in [0.3, 0.4) is 0 Å². The summed E-state index contributed by atoms with van der Waals surface area (Å²) in [4.78, 5) is 14.4. The van der Waals surface area contributed by atoms with E-state index in [2.05, 4.69) is 29.4 Å². The SMILES string of the molecule is CCN(CC)CCCCNC(=O)CC1CC2CCC(C1)N2.Cl.Cl. The van der Waals surface area contributed by atoms with Crippen molar-refractivity contribution in [2.45, 2.75) is 70.9 Å². The molecule has 2 heterocycles. The maximum atomic E-state index is 12.0. The monoisotopic (exact) mass is 367 g/mol. The number of hydrogen-bond donors (Lipinski definition) is 2. The second-order valence-corrected chi connectivity index (χ2v) is 6.76. The predicted octanol–water partition coefficient (Wildman–Crippen LogP) is 2.99. The Morgan fingerprint density at radius 2 is 1.70 bits per heavy atom. The minimum atomic E-state index is 0. The number of amides is 1. The predicted molar refractivity (Wildman–Crippen MR) is 102 cm³/mol. The molecular weight excluding hydrogens is 333 g/mol. The van der Waals surface area contributed by atoms with Crippen LogP contribution >= 0.6 is 24.8 Å². The van der Waals surface area contributed by atoms with E-state index >= 15 is 0 Å². The lowest BCUT2D eigenvalue weighted by molar-refractivity contribution is -0.122. The van der Waals surface area contributed by atoms with Crippen molar-refractivity contribution in [3.05, 3.63) is 0 Å². The van der Waals surface area contributed by atoms with Crippen LogP contribution in [0.15, 0.2) is 0 Å². The number of hydrogen-bond acceptors (Lipinski definition) is 3. The number of piperidine rings is 1. The second kappa shape index (κ2) is 12.3. The first-order valence-corrected chi connectivity index (χ1v) is 8.96. The standard InChI is InChI=1S/C17H33N3O.2ClH/c1-3-20(4-2)10-6-5-9-18-17(21)13-14-11-15-7-8-16(12-14)19-15;;/h14-16,19H,3-13H2,1-2H3,(H,18,21);2*1H. The van der Waals surface area contributed by atoms with Gasteiger partial charge in [0.1, 0.15) is 0 Å². The van der Waals surface area contributed by atoms with Gasteiger partial charge >= 0.3 is 0 Å². The molecule has 2 saturated heterocycles. The summed E-state index contributed by atoms with van der Waals surface area (Å²) in [5, 5.41) is 6.75. The molecule has 2 N–H and O–H groups in total. The zero-order valence-electron chi connectivity index (χ0n) is 14.7. The second-order valence-electron chi connectivity index (χ2n) is 6.76. The molecule has 6 heteroatoms. The van der Waals surface area contributed by atoms with Crippen LogP contribution in [0.25, 0.3) is 0 Å². The summed E-state index contributed by atoms with van der Waals surface area (Å²) in [6, 6.07) is 1.38. The van der Waals surface area contributed by atoms with E-state index in [0.717, 1.165) is 39.0 Å². The molecule has 1 amide bonds. The van der Waals surface area contributed by atoms with E-state index < -0.39 is 0 Å². The Kier molecular flexibility index (Phi) is 12.3. The van der Waals surface area contributed by atoms with Crippen molar-refractivity contribution in [1.82, 2.24) is 15.5 Å². The number of carbonyl (C=O) groups excluding carboxylic acids is 1. The van der Waals surface area contributed by atoms with Gasteiger partial charge in [0.05, 0.1) is 0 Å². The van der Waals surface area contributed by atoms with Crippen molar-refractivity contribution >= 4 is 30.7 Å². The number of rotatable bonds is 9. The number of fused-ring (bicyclic) bond motifs is 2. The number of carbonyl (C=O) groups is 1. The van der Waals surface area contributed by atoms with Crippen molar-refractivity contribution in [3.63, 3.8) is 0 Å². The van der Waals surface area contributed by atoms with E-state index in [9.17, 15) is 4.79 Å². The quantitative estimate of drug-likeness (QED) is 0.615. The van der Waals surface area contributed by atoms with E-state index in [1.54, 1.807) is 0 Å². The minimum absolute atomic E-state index is 0. The lowest BCUT2D eigenvalue weighted by atomic mass is 9.89. The van der Waals surface area contributed by atoms with Crippen molar-refractivity contribution in [3.8, 4) is 0 Å². The Bertz CT molecular complexity index is 315. The van der Waals surface area contributed by atoms with E-state index in [4.69, 9.17) is 0 Å². The van der Waals surface area contributed by atoms with Crippen LogP contribution < -0.4 is 10.6 Å². The van der Waals surface area contributed by atoms with Crippen LogP contribution in [0.1, 0.15) is 58.8 Å². The highest BCUT2D eigenvalue weighted by molar-refractivity contribution is 5.85. The Morgan fingerprint density at radius 3 is 2.26 bits per heavy atom. The molecule has 2 unspecified atom stereocenters. The van der Waals surface area contributed by atoms with Gasteiger partial charge in [-0.1, -0.05) is 13.8 Å². The van der Waals surface area contributed by atoms with Crippen LogP contribution in [0, 0.1) is 5.92 Å². The van der Waals surface area contributed by atoms with Gasteiger partial charge in [-0.15, -0.1) is 24.8 Å². The van der Waals surface area contributed by atoms with Gasteiger partial charge in [-0.05, 0) is 64.1 Å². The van der Waals surface area contributed by atoms with Gasteiger partial charge in [0.15, 0.2) is 0 Å². The molecule has 2 bridgehead atoms. The summed E-state index contributed by atoms with van der Waals surface area (Å²) in [7, 11) is 0. The van der Waals surface area contributed by atoms with E-state index in [1.165, 1.54) is 32.1 Å². The number of unbranched alkanes of at least 4 members (excludes halogenated alkanes) is 1. The lowest BCUT2D eigenvalue weighted by Gasteiger charge is -2.28. The van der Waals surface area contributed by atoms with Gasteiger partial charge in [0.25, 0.3) is 0 Å². The maximum Gasteiger partial charge on any atom is 0.220 e. The van der Waals surface area contributed by atoms with Crippen molar-refractivity contribution in [1.29, 1.82) is 0 Å². The number of halogens is 2. The Hall–Kier alpha value is -0.0300. The van der Waals surface area contributed by atoms with Gasteiger partial charge in [-0.3, -0.25) is 4.79 Å². The first kappa shape index (κ1) is 23.0. The topological polar surface area (TPSA) is 44.4 Å². The molecule has 2 aliphatic heterocycles. The molecule has 2 aliphatic rings. The summed E-state index contributed by atoms with van der Waals surface area (Å²) in [5.74, 6) is 0.878. The van der Waals surface area contributed by atoms with Crippen LogP contribution in [0.2, 0.25) is 0 Å². The molecule has 0 radical (unpaired) electrons. The molecule has 0 aliphatic carbocycles. The zero-order chi connectivity index (χ0) is 15.1. The molecule has 2 fully saturated rings. The van der Waals surface area contributed by atoms with Gasteiger partial charge < -0.3 is 15.5 Å². The Balaban J connectivity index is 0.00000242. The highest BCUT2D eigenvalue weighted by Gasteiger charge is 2.33. The van der Waals surface area contributed by atoms with Crippen LogP contribution in [0.4, 0.5) is 0 Å². The summed E-state index contributed by atoms with van der Waals surface area (Å²) in [6.07, 6.45) is 8.05. The summed E-state index contributed by atoms with van der Waals surface area (Å²) in [6.45, 7) is 8.66. The van der Waals surface area contributed by atoms with Gasteiger partial charge in [0.2, 0.25) is 5.91 Å². The summed E-state index contributed by atoms with van der Waals surface area (Å²) < 4.78 is 0. The molecule has 0 aromatic rings. The number of nitrogens with zero attached hydrogens (tertiary/aromatic N) is 1. The third kappa shape index (κ3) is 8.06. The van der Waals surface area contributed by atoms with Crippen LogP contribution in [-0.2, 0) is 4.79 Å². The average Bonchev–Trinajstić information content (AvgIpc) is 2.82. The number of nitrogens with one attached hydrogen (secondary N) is 2. The smallest absolute Gasteiger partial charge is 0.220 e. The Labute approximate surface area is 154 Å². The summed E-state index contributed by atoms with van der Waals surface area (Å²) in [5.41, 5.74) is 0. The summed E-state index contributed by atoms with van der Waals surface area (Å²) >= 11 is 0. The highest BCUT2D eigenvalue weighted by atomic mass is 35.5.